The largest absolute Gasteiger partial charge is 0.508 e. The lowest BCUT2D eigenvalue weighted by Crippen LogP contribution is -2.32. The van der Waals surface area contributed by atoms with Crippen LogP contribution in [0.3, 0.4) is 0 Å². The summed E-state index contributed by atoms with van der Waals surface area (Å²) in [5.41, 5.74) is 0. The van der Waals surface area contributed by atoms with Crippen molar-refractivity contribution >= 4 is 5.97 Å². The molecule has 0 aliphatic carbocycles. The molecule has 1 N–H and O–H groups in total. The van der Waals surface area contributed by atoms with E-state index in [1.165, 1.54) is 0 Å². The number of esters is 1. The van der Waals surface area contributed by atoms with Gasteiger partial charge in [0.1, 0.15) is 11.9 Å². The third kappa shape index (κ3) is 4.49. The van der Waals surface area contributed by atoms with Crippen molar-refractivity contribution in [1.29, 1.82) is 0 Å². The van der Waals surface area contributed by atoms with Gasteiger partial charge in [0.25, 0.3) is 0 Å². The van der Waals surface area contributed by atoms with E-state index in [-0.39, 0.29) is 12.1 Å². The van der Waals surface area contributed by atoms with Crippen LogP contribution in [0, 0.1) is 0 Å². The Balaban J connectivity index is 0.000000151. The van der Waals surface area contributed by atoms with E-state index < -0.39 is 0 Å². The standard InChI is InChI=1S/C6H10O2.C6H6O/c1-2-3-5-4-6(7)8-5;7-6-4-2-1-3-5-6/h5H,2-4H2,1H3;1-5,7H. The molecule has 0 radical (unpaired) electrons. The van der Waals surface area contributed by atoms with E-state index in [1.807, 2.05) is 6.07 Å². The molecule has 0 amide bonds. The van der Waals surface area contributed by atoms with Crippen LogP contribution in [0.1, 0.15) is 26.2 Å². The molecule has 1 aliphatic rings. The SMILES string of the molecule is CCCC1CC(=O)O1.Oc1ccccc1. The number of hydrogen-bond acceptors (Lipinski definition) is 3. The Bertz CT molecular complexity index is 287. The molecule has 82 valence electrons. The molecule has 3 heteroatoms. The second kappa shape index (κ2) is 6.06. The van der Waals surface area contributed by atoms with Gasteiger partial charge in [-0.05, 0) is 18.6 Å². The minimum atomic E-state index is -0.0385. The highest BCUT2D eigenvalue weighted by Crippen LogP contribution is 2.17. The molecule has 15 heavy (non-hydrogen) atoms. The van der Waals surface area contributed by atoms with E-state index in [9.17, 15) is 4.79 Å². The van der Waals surface area contributed by atoms with Gasteiger partial charge in [0, 0.05) is 0 Å². The zero-order valence-corrected chi connectivity index (χ0v) is 8.85. The monoisotopic (exact) mass is 208 g/mol. The third-order valence-corrected chi connectivity index (χ3v) is 2.06. The smallest absolute Gasteiger partial charge is 0.309 e. The van der Waals surface area contributed by atoms with Crippen LogP contribution in [0.2, 0.25) is 0 Å². The molecule has 0 bridgehead atoms. The van der Waals surface area contributed by atoms with Crippen molar-refractivity contribution in [3.8, 4) is 5.75 Å². The Labute approximate surface area is 89.7 Å². The number of carbonyl (C=O) groups is 1. The topological polar surface area (TPSA) is 46.5 Å². The molecule has 0 aromatic heterocycles. The summed E-state index contributed by atoms with van der Waals surface area (Å²) < 4.78 is 4.74. The van der Waals surface area contributed by atoms with Crippen LogP contribution in [-0.4, -0.2) is 17.2 Å². The van der Waals surface area contributed by atoms with Crippen molar-refractivity contribution < 1.29 is 14.6 Å². The van der Waals surface area contributed by atoms with Gasteiger partial charge in [-0.15, -0.1) is 0 Å². The van der Waals surface area contributed by atoms with E-state index in [0.29, 0.717) is 12.2 Å². The van der Waals surface area contributed by atoms with Gasteiger partial charge >= 0.3 is 5.97 Å². The lowest BCUT2D eigenvalue weighted by atomic mass is 10.1. The zero-order valence-electron chi connectivity index (χ0n) is 8.85. The third-order valence-electron chi connectivity index (χ3n) is 2.06. The average molecular weight is 208 g/mol. The number of aromatic hydroxyl groups is 1. The molecule has 0 spiro atoms. The average Bonchev–Trinajstić information content (AvgIpc) is 2.18. The molecular weight excluding hydrogens is 192 g/mol. The summed E-state index contributed by atoms with van der Waals surface area (Å²) in [5, 5.41) is 8.63. The summed E-state index contributed by atoms with van der Waals surface area (Å²) in [6.45, 7) is 2.09. The van der Waals surface area contributed by atoms with Crippen LogP contribution in [0.4, 0.5) is 0 Å². The highest BCUT2D eigenvalue weighted by Gasteiger charge is 2.26. The first kappa shape index (κ1) is 11.6. The Morgan fingerprint density at radius 2 is 2.00 bits per heavy atom. The molecular formula is C12H16O3. The maximum absolute atomic E-state index is 10.2. The van der Waals surface area contributed by atoms with Crippen LogP contribution >= 0.6 is 0 Å². The summed E-state index contributed by atoms with van der Waals surface area (Å²) in [6.07, 6.45) is 3.05. The van der Waals surface area contributed by atoms with Gasteiger partial charge < -0.3 is 9.84 Å². The first-order valence-electron chi connectivity index (χ1n) is 5.16. The Morgan fingerprint density at radius 3 is 2.33 bits per heavy atom. The molecule has 1 unspecified atom stereocenters. The van der Waals surface area contributed by atoms with E-state index in [0.717, 1.165) is 12.8 Å². The van der Waals surface area contributed by atoms with Crippen LogP contribution < -0.4 is 0 Å². The van der Waals surface area contributed by atoms with Crippen LogP contribution in [0.5, 0.6) is 5.75 Å². The molecule has 2 rings (SSSR count). The minimum absolute atomic E-state index is 0.0385. The molecule has 1 fully saturated rings. The van der Waals surface area contributed by atoms with E-state index in [2.05, 4.69) is 6.92 Å². The molecule has 1 heterocycles. The van der Waals surface area contributed by atoms with Crippen molar-refractivity contribution in [1.82, 2.24) is 0 Å². The number of para-hydroxylation sites is 1. The van der Waals surface area contributed by atoms with Crippen molar-refractivity contribution in [3.05, 3.63) is 30.3 Å². The Kier molecular flexibility index (Phi) is 4.68. The van der Waals surface area contributed by atoms with Crippen LogP contribution in [0.25, 0.3) is 0 Å². The van der Waals surface area contributed by atoms with E-state index in [1.54, 1.807) is 24.3 Å². The highest BCUT2D eigenvalue weighted by molar-refractivity contribution is 5.75. The summed E-state index contributed by atoms with van der Waals surface area (Å²) in [5.74, 6) is 0.283. The number of phenols is 1. The number of hydrogen-bond donors (Lipinski definition) is 1. The fraction of sp³-hybridized carbons (Fsp3) is 0.417. The van der Waals surface area contributed by atoms with Crippen molar-refractivity contribution in [2.45, 2.75) is 32.3 Å². The van der Waals surface area contributed by atoms with E-state index in [4.69, 9.17) is 9.84 Å². The van der Waals surface area contributed by atoms with E-state index >= 15 is 0 Å². The fourth-order valence-electron chi connectivity index (χ4n) is 1.27. The minimum Gasteiger partial charge on any atom is -0.508 e. The van der Waals surface area contributed by atoms with Crippen LogP contribution in [0.15, 0.2) is 30.3 Å². The fourth-order valence-corrected chi connectivity index (χ4v) is 1.27. The summed E-state index contributed by atoms with van der Waals surface area (Å²) >= 11 is 0. The number of ether oxygens (including phenoxy) is 1. The molecule has 1 aromatic carbocycles. The second-order valence-electron chi connectivity index (χ2n) is 3.44. The van der Waals surface area contributed by atoms with Crippen molar-refractivity contribution in [3.63, 3.8) is 0 Å². The van der Waals surface area contributed by atoms with Gasteiger partial charge in [0.2, 0.25) is 0 Å². The van der Waals surface area contributed by atoms with Crippen LogP contribution in [-0.2, 0) is 9.53 Å². The molecule has 1 aromatic rings. The lowest BCUT2D eigenvalue weighted by Gasteiger charge is -2.24. The number of cyclic esters (lactones) is 1. The molecule has 1 saturated heterocycles. The number of rotatable bonds is 2. The maximum atomic E-state index is 10.2. The van der Waals surface area contributed by atoms with Crippen molar-refractivity contribution in [2.75, 3.05) is 0 Å². The van der Waals surface area contributed by atoms with Gasteiger partial charge in [-0.1, -0.05) is 31.5 Å². The Hall–Kier alpha value is -1.51. The Morgan fingerprint density at radius 1 is 1.40 bits per heavy atom. The summed E-state index contributed by atoms with van der Waals surface area (Å²) in [6, 6.07) is 8.71. The quantitative estimate of drug-likeness (QED) is 0.759. The zero-order chi connectivity index (χ0) is 11.1. The predicted molar refractivity (Wildman–Crippen MR) is 57.5 cm³/mol. The van der Waals surface area contributed by atoms with Gasteiger partial charge in [0.05, 0.1) is 6.42 Å². The second-order valence-corrected chi connectivity index (χ2v) is 3.44. The highest BCUT2D eigenvalue weighted by atomic mass is 16.6. The molecule has 0 saturated carbocycles. The summed E-state index contributed by atoms with van der Waals surface area (Å²) in [4.78, 5) is 10.2. The number of carbonyl (C=O) groups excluding carboxylic acids is 1. The molecule has 1 aliphatic heterocycles. The van der Waals surface area contributed by atoms with Crippen molar-refractivity contribution in [2.24, 2.45) is 0 Å². The normalized spacial score (nSPS) is 18.2. The number of phenolic OH excluding ortho intramolecular Hbond substituents is 1. The number of benzene rings is 1. The lowest BCUT2D eigenvalue weighted by molar-refractivity contribution is -0.169. The molecule has 3 nitrogen and oxygen atoms in total. The maximum Gasteiger partial charge on any atom is 0.309 e. The first-order valence-corrected chi connectivity index (χ1v) is 5.16. The predicted octanol–water partition coefficient (Wildman–Crippen LogP) is 2.49. The first-order chi connectivity index (χ1) is 7.22. The molecule has 1 atom stereocenters. The van der Waals surface area contributed by atoms with Gasteiger partial charge in [-0.3, -0.25) is 4.79 Å². The summed E-state index contributed by atoms with van der Waals surface area (Å²) in [7, 11) is 0. The van der Waals surface area contributed by atoms with Gasteiger partial charge in [0.15, 0.2) is 0 Å². The van der Waals surface area contributed by atoms with Gasteiger partial charge in [-0.25, -0.2) is 0 Å². The van der Waals surface area contributed by atoms with Gasteiger partial charge in [-0.2, -0.15) is 0 Å².